The number of aryl methyl sites for hydroxylation is 2. The Balaban J connectivity index is 2.72. The molecule has 15 heavy (non-hydrogen) atoms. The normalized spacial score (nSPS) is 10.9. The Morgan fingerprint density at radius 3 is 2.80 bits per heavy atom. The van der Waals surface area contributed by atoms with Crippen molar-refractivity contribution in [2.75, 3.05) is 6.54 Å². The highest BCUT2D eigenvalue weighted by Crippen LogP contribution is 2.23. The van der Waals surface area contributed by atoms with Gasteiger partial charge >= 0.3 is 0 Å². The first-order chi connectivity index (χ1) is 7.15. The lowest BCUT2D eigenvalue weighted by atomic mass is 10.0. The van der Waals surface area contributed by atoms with Crippen LogP contribution in [0.15, 0.2) is 18.3 Å². The van der Waals surface area contributed by atoms with Crippen molar-refractivity contribution < 1.29 is 4.79 Å². The SMILES string of the molecule is Cc1ccc2c(C(=O)CN)c[nH]c2c1C. The summed E-state index contributed by atoms with van der Waals surface area (Å²) in [6.45, 7) is 4.16. The minimum atomic E-state index is -0.0236. The van der Waals surface area contributed by atoms with E-state index < -0.39 is 0 Å². The number of aromatic nitrogens is 1. The van der Waals surface area contributed by atoms with E-state index >= 15 is 0 Å². The van der Waals surface area contributed by atoms with Crippen LogP contribution in [0.3, 0.4) is 0 Å². The summed E-state index contributed by atoms with van der Waals surface area (Å²) in [6, 6.07) is 4.00. The van der Waals surface area contributed by atoms with Crippen molar-refractivity contribution in [2.24, 2.45) is 5.73 Å². The standard InChI is InChI=1S/C12H14N2O/c1-7-3-4-9-10(11(15)5-13)6-14-12(9)8(7)2/h3-4,6,14H,5,13H2,1-2H3. The summed E-state index contributed by atoms with van der Waals surface area (Å²) in [4.78, 5) is 14.7. The molecule has 0 bridgehead atoms. The van der Waals surface area contributed by atoms with Crippen LogP contribution in [0, 0.1) is 13.8 Å². The zero-order chi connectivity index (χ0) is 11.0. The van der Waals surface area contributed by atoms with Gasteiger partial charge in [0.25, 0.3) is 0 Å². The number of Topliss-reactive ketones (excluding diaryl/α,β-unsaturated/α-hetero) is 1. The first kappa shape index (κ1) is 9.93. The van der Waals surface area contributed by atoms with Crippen LogP contribution < -0.4 is 5.73 Å². The van der Waals surface area contributed by atoms with Gasteiger partial charge in [0.2, 0.25) is 0 Å². The van der Waals surface area contributed by atoms with E-state index in [0.717, 1.165) is 10.9 Å². The molecule has 0 aliphatic heterocycles. The Bertz CT molecular complexity index is 526. The molecule has 78 valence electrons. The van der Waals surface area contributed by atoms with Crippen molar-refractivity contribution in [1.82, 2.24) is 4.98 Å². The van der Waals surface area contributed by atoms with E-state index in [0.29, 0.717) is 5.56 Å². The molecule has 0 atom stereocenters. The highest BCUT2D eigenvalue weighted by Gasteiger charge is 2.11. The molecular weight excluding hydrogens is 188 g/mol. The Morgan fingerprint density at radius 2 is 2.13 bits per heavy atom. The predicted octanol–water partition coefficient (Wildman–Crippen LogP) is 1.93. The first-order valence-electron chi connectivity index (χ1n) is 4.95. The molecule has 0 saturated carbocycles. The quantitative estimate of drug-likeness (QED) is 0.731. The molecule has 0 aliphatic rings. The number of nitrogens with one attached hydrogen (secondary N) is 1. The molecule has 1 heterocycles. The summed E-state index contributed by atoms with van der Waals surface area (Å²) >= 11 is 0. The number of ketones is 1. The molecule has 2 aromatic rings. The first-order valence-corrected chi connectivity index (χ1v) is 4.95. The number of fused-ring (bicyclic) bond motifs is 1. The van der Waals surface area contributed by atoms with Gasteiger partial charge < -0.3 is 10.7 Å². The third-order valence-electron chi connectivity index (χ3n) is 2.87. The van der Waals surface area contributed by atoms with Crippen LogP contribution in [0.1, 0.15) is 21.5 Å². The molecule has 1 aromatic heterocycles. The summed E-state index contributed by atoms with van der Waals surface area (Å²) in [7, 11) is 0. The van der Waals surface area contributed by atoms with Crippen molar-refractivity contribution in [1.29, 1.82) is 0 Å². The van der Waals surface area contributed by atoms with Gasteiger partial charge in [0, 0.05) is 22.7 Å². The number of aromatic amines is 1. The average Bonchev–Trinajstić information content (AvgIpc) is 2.66. The lowest BCUT2D eigenvalue weighted by molar-refractivity contribution is 0.100. The minimum Gasteiger partial charge on any atom is -0.360 e. The van der Waals surface area contributed by atoms with Crippen LogP contribution in [0.5, 0.6) is 0 Å². The van der Waals surface area contributed by atoms with E-state index in [4.69, 9.17) is 5.73 Å². The van der Waals surface area contributed by atoms with Crippen molar-refractivity contribution in [3.05, 3.63) is 35.0 Å². The van der Waals surface area contributed by atoms with E-state index in [-0.39, 0.29) is 12.3 Å². The van der Waals surface area contributed by atoms with Gasteiger partial charge in [0.15, 0.2) is 5.78 Å². The summed E-state index contributed by atoms with van der Waals surface area (Å²) in [5, 5.41) is 0.966. The van der Waals surface area contributed by atoms with Gasteiger partial charge in [-0.15, -0.1) is 0 Å². The molecule has 0 saturated heterocycles. The molecule has 2 rings (SSSR count). The molecule has 3 heteroatoms. The second-order valence-corrected chi connectivity index (χ2v) is 3.76. The third kappa shape index (κ3) is 1.45. The van der Waals surface area contributed by atoms with Crippen molar-refractivity contribution in [3.8, 4) is 0 Å². The second kappa shape index (κ2) is 3.51. The molecule has 0 fully saturated rings. The molecule has 0 spiro atoms. The number of carbonyl (C=O) groups excluding carboxylic acids is 1. The number of hydrogen-bond acceptors (Lipinski definition) is 2. The second-order valence-electron chi connectivity index (χ2n) is 3.76. The Labute approximate surface area is 88.3 Å². The molecule has 3 N–H and O–H groups in total. The van der Waals surface area contributed by atoms with Gasteiger partial charge in [-0.1, -0.05) is 12.1 Å². The Kier molecular flexibility index (Phi) is 2.32. The smallest absolute Gasteiger partial charge is 0.178 e. The van der Waals surface area contributed by atoms with E-state index in [1.165, 1.54) is 11.1 Å². The Hall–Kier alpha value is -1.61. The van der Waals surface area contributed by atoms with Crippen molar-refractivity contribution in [2.45, 2.75) is 13.8 Å². The van der Waals surface area contributed by atoms with Crippen molar-refractivity contribution >= 4 is 16.7 Å². The van der Waals surface area contributed by atoms with Gasteiger partial charge in [-0.2, -0.15) is 0 Å². The topological polar surface area (TPSA) is 58.9 Å². The van der Waals surface area contributed by atoms with Crippen LogP contribution >= 0.6 is 0 Å². The zero-order valence-corrected chi connectivity index (χ0v) is 8.92. The van der Waals surface area contributed by atoms with Crippen LogP contribution in [-0.2, 0) is 0 Å². The predicted molar refractivity (Wildman–Crippen MR) is 61.2 cm³/mol. The molecule has 0 radical (unpaired) electrons. The summed E-state index contributed by atoms with van der Waals surface area (Å²) < 4.78 is 0. The van der Waals surface area contributed by atoms with Gasteiger partial charge in [0.05, 0.1) is 6.54 Å². The Morgan fingerprint density at radius 1 is 1.40 bits per heavy atom. The lowest BCUT2D eigenvalue weighted by Crippen LogP contribution is -2.12. The summed E-state index contributed by atoms with van der Waals surface area (Å²) in [5.74, 6) is -0.0236. The number of rotatable bonds is 2. The fraction of sp³-hybridized carbons (Fsp3) is 0.250. The highest BCUT2D eigenvalue weighted by molar-refractivity contribution is 6.09. The van der Waals surface area contributed by atoms with Gasteiger partial charge in [-0.25, -0.2) is 0 Å². The van der Waals surface area contributed by atoms with E-state index in [9.17, 15) is 4.79 Å². The van der Waals surface area contributed by atoms with E-state index in [1.807, 2.05) is 19.1 Å². The van der Waals surface area contributed by atoms with Gasteiger partial charge in [-0.3, -0.25) is 4.79 Å². The van der Waals surface area contributed by atoms with Crippen LogP contribution in [0.2, 0.25) is 0 Å². The largest absolute Gasteiger partial charge is 0.360 e. The lowest BCUT2D eigenvalue weighted by Gasteiger charge is -2.01. The van der Waals surface area contributed by atoms with Crippen molar-refractivity contribution in [3.63, 3.8) is 0 Å². The fourth-order valence-electron chi connectivity index (χ4n) is 1.79. The van der Waals surface area contributed by atoms with Crippen LogP contribution in [0.25, 0.3) is 10.9 Å². The molecule has 0 aliphatic carbocycles. The molecule has 3 nitrogen and oxygen atoms in total. The third-order valence-corrected chi connectivity index (χ3v) is 2.87. The van der Waals surface area contributed by atoms with Gasteiger partial charge in [0.1, 0.15) is 0 Å². The number of carbonyl (C=O) groups is 1. The molecule has 1 aromatic carbocycles. The number of nitrogens with two attached hydrogens (primary N) is 1. The maximum atomic E-state index is 11.5. The van der Waals surface area contributed by atoms with Crippen LogP contribution in [0.4, 0.5) is 0 Å². The highest BCUT2D eigenvalue weighted by atomic mass is 16.1. The fourth-order valence-corrected chi connectivity index (χ4v) is 1.79. The number of H-pyrrole nitrogens is 1. The molecule has 0 unspecified atom stereocenters. The molecule has 0 amide bonds. The van der Waals surface area contributed by atoms with Crippen LogP contribution in [-0.4, -0.2) is 17.3 Å². The summed E-state index contributed by atoms with van der Waals surface area (Å²) in [6.07, 6.45) is 1.74. The number of hydrogen-bond donors (Lipinski definition) is 2. The number of benzene rings is 1. The van der Waals surface area contributed by atoms with Gasteiger partial charge in [-0.05, 0) is 25.0 Å². The molecular formula is C12H14N2O. The summed E-state index contributed by atoms with van der Waals surface area (Å²) in [5.41, 5.74) is 9.49. The van der Waals surface area contributed by atoms with E-state index in [1.54, 1.807) is 6.20 Å². The maximum absolute atomic E-state index is 11.5. The maximum Gasteiger partial charge on any atom is 0.178 e. The monoisotopic (exact) mass is 202 g/mol. The minimum absolute atomic E-state index is 0.0236. The average molecular weight is 202 g/mol. The zero-order valence-electron chi connectivity index (χ0n) is 8.92. The van der Waals surface area contributed by atoms with E-state index in [2.05, 4.69) is 11.9 Å².